The molecule has 0 unspecified atom stereocenters. The molecule has 2 N–H and O–H groups in total. The van der Waals surface area contributed by atoms with Gasteiger partial charge in [-0.15, -0.1) is 0 Å². The zero-order valence-corrected chi connectivity index (χ0v) is 14.7. The Kier molecular flexibility index (Phi) is 13.9. The Morgan fingerprint density at radius 1 is 0.818 bits per heavy atom. The first-order chi connectivity index (χ1) is 10.3. The van der Waals surface area contributed by atoms with Gasteiger partial charge >= 0.3 is 11.9 Å². The van der Waals surface area contributed by atoms with Gasteiger partial charge in [-0.1, -0.05) is 34.3 Å². The highest BCUT2D eigenvalue weighted by molar-refractivity contribution is 5.91. The second-order valence-corrected chi connectivity index (χ2v) is 5.72. The van der Waals surface area contributed by atoms with Crippen molar-refractivity contribution in [3.05, 3.63) is 12.2 Å². The summed E-state index contributed by atoms with van der Waals surface area (Å²) < 4.78 is 1.38. The summed E-state index contributed by atoms with van der Waals surface area (Å²) >= 11 is 0. The highest BCUT2D eigenvalue weighted by Gasteiger charge is 2.22. The summed E-state index contributed by atoms with van der Waals surface area (Å²) in [6, 6.07) is 0. The van der Waals surface area contributed by atoms with Crippen molar-refractivity contribution in [2.75, 3.05) is 26.2 Å². The molecule has 0 aromatic carbocycles. The van der Waals surface area contributed by atoms with Crippen LogP contribution >= 0.6 is 0 Å². The van der Waals surface area contributed by atoms with E-state index < -0.39 is 18.4 Å². The van der Waals surface area contributed by atoms with Gasteiger partial charge in [-0.05, 0) is 25.7 Å². The molecule has 0 aliphatic heterocycles. The van der Waals surface area contributed by atoms with E-state index in [0.717, 1.165) is 0 Å². The van der Waals surface area contributed by atoms with Crippen LogP contribution in [0.25, 0.3) is 0 Å². The van der Waals surface area contributed by atoms with E-state index in [0.29, 0.717) is 0 Å². The number of carboxylic acid groups (broad SMARTS) is 2. The Morgan fingerprint density at radius 2 is 1.14 bits per heavy atom. The largest absolute Gasteiger partial charge is 0.481 e. The molecule has 0 amide bonds. The fourth-order valence-corrected chi connectivity index (χ4v) is 2.83. The Hall–Kier alpha value is -1.36. The van der Waals surface area contributed by atoms with E-state index >= 15 is 0 Å². The monoisotopic (exact) mass is 316 g/mol. The predicted molar refractivity (Wildman–Crippen MR) is 89.9 cm³/mol. The molecule has 0 rings (SSSR count). The number of hydrogen-bond acceptors (Lipinski definition) is 2. The molecule has 0 saturated heterocycles. The standard InChI is InChI=1S/C12H28N.C5H6O4/c1-5-9-13(10-6-2,11-7-3)12-8-4;1-3(5(8)9)2-4(6)7/h5-12H2,1-4H3;1-2H2,(H,6,7)(H,8,9)/q+1;. The van der Waals surface area contributed by atoms with Gasteiger partial charge in [0, 0.05) is 5.57 Å². The zero-order chi connectivity index (χ0) is 17.6. The van der Waals surface area contributed by atoms with Crippen LogP contribution in [0.4, 0.5) is 0 Å². The third-order valence-electron chi connectivity index (χ3n) is 3.46. The molecule has 130 valence electrons. The van der Waals surface area contributed by atoms with Crippen molar-refractivity contribution in [3.8, 4) is 0 Å². The number of aliphatic carboxylic acids is 2. The van der Waals surface area contributed by atoms with E-state index in [4.69, 9.17) is 10.2 Å². The van der Waals surface area contributed by atoms with Crippen LogP contribution in [0.3, 0.4) is 0 Å². The van der Waals surface area contributed by atoms with E-state index in [1.54, 1.807) is 0 Å². The molecule has 0 aliphatic rings. The lowest BCUT2D eigenvalue weighted by molar-refractivity contribution is -0.928. The zero-order valence-electron chi connectivity index (χ0n) is 14.7. The van der Waals surface area contributed by atoms with E-state index in [2.05, 4.69) is 34.3 Å². The van der Waals surface area contributed by atoms with Gasteiger partial charge in [0.1, 0.15) is 0 Å². The minimum absolute atomic E-state index is 0.303. The van der Waals surface area contributed by atoms with Crippen molar-refractivity contribution >= 4 is 11.9 Å². The summed E-state index contributed by atoms with van der Waals surface area (Å²) in [5, 5.41) is 16.1. The molecule has 0 bridgehead atoms. The van der Waals surface area contributed by atoms with E-state index in [1.807, 2.05) is 0 Å². The SMILES string of the molecule is C=C(CC(=O)O)C(=O)O.CCC[N+](CCC)(CCC)CCC. The van der Waals surface area contributed by atoms with Crippen LogP contribution < -0.4 is 0 Å². The average Bonchev–Trinajstić information content (AvgIpc) is 2.39. The molecular weight excluding hydrogens is 282 g/mol. The van der Waals surface area contributed by atoms with E-state index in [-0.39, 0.29) is 5.57 Å². The van der Waals surface area contributed by atoms with Crippen molar-refractivity contribution in [2.45, 2.75) is 59.8 Å². The van der Waals surface area contributed by atoms with Gasteiger partial charge in [-0.2, -0.15) is 0 Å². The highest BCUT2D eigenvalue weighted by Crippen LogP contribution is 2.12. The van der Waals surface area contributed by atoms with Crippen LogP contribution in [-0.4, -0.2) is 52.8 Å². The van der Waals surface area contributed by atoms with E-state index in [9.17, 15) is 9.59 Å². The van der Waals surface area contributed by atoms with Crippen molar-refractivity contribution in [3.63, 3.8) is 0 Å². The van der Waals surface area contributed by atoms with Gasteiger partial charge < -0.3 is 14.7 Å². The molecule has 0 aliphatic carbocycles. The van der Waals surface area contributed by atoms with Crippen LogP contribution in [0.2, 0.25) is 0 Å². The number of carboxylic acids is 2. The third-order valence-corrected chi connectivity index (χ3v) is 3.46. The lowest BCUT2D eigenvalue weighted by Gasteiger charge is -2.38. The molecule has 0 fully saturated rings. The van der Waals surface area contributed by atoms with Crippen LogP contribution in [0.1, 0.15) is 59.8 Å². The first-order valence-corrected chi connectivity index (χ1v) is 8.26. The van der Waals surface area contributed by atoms with E-state index in [1.165, 1.54) is 56.3 Å². The Labute approximate surface area is 135 Å². The summed E-state index contributed by atoms with van der Waals surface area (Å²) in [6.45, 7) is 17.8. The number of carbonyl (C=O) groups is 2. The molecular formula is C17H34NO4+. The van der Waals surface area contributed by atoms with Crippen molar-refractivity contribution in [1.82, 2.24) is 0 Å². The summed E-state index contributed by atoms with van der Waals surface area (Å²) in [4.78, 5) is 19.7. The molecule has 5 nitrogen and oxygen atoms in total. The number of hydrogen-bond donors (Lipinski definition) is 2. The van der Waals surface area contributed by atoms with Gasteiger partial charge in [-0.25, -0.2) is 4.79 Å². The fourth-order valence-electron chi connectivity index (χ4n) is 2.83. The van der Waals surface area contributed by atoms with Crippen LogP contribution in [0.15, 0.2) is 12.2 Å². The summed E-state index contributed by atoms with van der Waals surface area (Å²) in [6.07, 6.45) is 4.83. The maximum absolute atomic E-state index is 9.87. The number of quaternary nitrogens is 1. The second-order valence-electron chi connectivity index (χ2n) is 5.72. The van der Waals surface area contributed by atoms with Crippen LogP contribution in [-0.2, 0) is 9.59 Å². The first-order valence-electron chi connectivity index (χ1n) is 8.26. The second kappa shape index (κ2) is 13.3. The summed E-state index contributed by atoms with van der Waals surface area (Å²) in [5.41, 5.74) is -0.303. The topological polar surface area (TPSA) is 74.6 Å². The lowest BCUT2D eigenvalue weighted by atomic mass is 10.2. The molecule has 0 atom stereocenters. The van der Waals surface area contributed by atoms with Crippen LogP contribution in [0.5, 0.6) is 0 Å². The average molecular weight is 316 g/mol. The highest BCUT2D eigenvalue weighted by atomic mass is 16.4. The quantitative estimate of drug-likeness (QED) is 0.451. The normalized spacial score (nSPS) is 10.5. The van der Waals surface area contributed by atoms with Crippen molar-refractivity contribution in [1.29, 1.82) is 0 Å². The van der Waals surface area contributed by atoms with Gasteiger partial charge in [0.2, 0.25) is 0 Å². The third kappa shape index (κ3) is 11.3. The maximum atomic E-state index is 9.87. The number of nitrogens with zero attached hydrogens (tertiary/aromatic N) is 1. The molecule has 5 heteroatoms. The summed E-state index contributed by atoms with van der Waals surface area (Å²) in [7, 11) is 0. The minimum atomic E-state index is -1.27. The van der Waals surface area contributed by atoms with Crippen molar-refractivity contribution in [2.24, 2.45) is 0 Å². The molecule has 0 aromatic heterocycles. The molecule has 0 aromatic rings. The smallest absolute Gasteiger partial charge is 0.331 e. The molecule has 0 saturated carbocycles. The fraction of sp³-hybridized carbons (Fsp3) is 0.765. The Bertz CT molecular complexity index is 310. The Balaban J connectivity index is 0. The predicted octanol–water partition coefficient (Wildman–Crippen LogP) is 3.55. The molecule has 0 radical (unpaired) electrons. The first kappa shape index (κ1) is 22.9. The maximum Gasteiger partial charge on any atom is 0.331 e. The summed E-state index contributed by atoms with van der Waals surface area (Å²) in [5.74, 6) is -2.44. The Morgan fingerprint density at radius 3 is 1.27 bits per heavy atom. The lowest BCUT2D eigenvalue weighted by Crippen LogP contribution is -2.50. The van der Waals surface area contributed by atoms with Crippen LogP contribution in [0, 0.1) is 0 Å². The molecule has 0 heterocycles. The van der Waals surface area contributed by atoms with Gasteiger partial charge in [0.15, 0.2) is 0 Å². The number of rotatable bonds is 11. The molecule has 0 spiro atoms. The van der Waals surface area contributed by atoms with Gasteiger partial charge in [0.25, 0.3) is 0 Å². The molecule has 22 heavy (non-hydrogen) atoms. The van der Waals surface area contributed by atoms with Crippen molar-refractivity contribution < 1.29 is 24.3 Å². The minimum Gasteiger partial charge on any atom is -0.481 e. The van der Waals surface area contributed by atoms with Gasteiger partial charge in [-0.3, -0.25) is 4.79 Å². The van der Waals surface area contributed by atoms with Gasteiger partial charge in [0.05, 0.1) is 32.6 Å².